The molecule has 0 bridgehead atoms. The lowest BCUT2D eigenvalue weighted by Crippen LogP contribution is -2.32. The van der Waals surface area contributed by atoms with Crippen molar-refractivity contribution in [3.05, 3.63) is 53.3 Å². The molecule has 1 aliphatic rings. The van der Waals surface area contributed by atoms with Gasteiger partial charge in [-0.2, -0.15) is 5.10 Å². The number of carbonyl (C=O) groups is 1. The molecule has 3 rings (SSSR count). The summed E-state index contributed by atoms with van der Waals surface area (Å²) in [6.07, 6.45) is 3.37. The molecule has 0 unspecified atom stereocenters. The molecule has 1 amide bonds. The predicted molar refractivity (Wildman–Crippen MR) is 85.6 cm³/mol. The zero-order valence-electron chi connectivity index (χ0n) is 12.9. The van der Waals surface area contributed by atoms with Crippen molar-refractivity contribution in [1.82, 2.24) is 14.7 Å². The van der Waals surface area contributed by atoms with Gasteiger partial charge >= 0.3 is 0 Å². The van der Waals surface area contributed by atoms with Crippen LogP contribution in [-0.2, 0) is 13.0 Å². The molecule has 1 aromatic heterocycles. The van der Waals surface area contributed by atoms with E-state index < -0.39 is 0 Å². The molecule has 0 saturated carbocycles. The van der Waals surface area contributed by atoms with Crippen LogP contribution in [0.4, 0.5) is 0 Å². The first-order valence-electron chi connectivity index (χ1n) is 7.82. The van der Waals surface area contributed by atoms with Crippen LogP contribution >= 0.6 is 0 Å². The summed E-state index contributed by atoms with van der Waals surface area (Å²) in [5, 5.41) is 4.43. The van der Waals surface area contributed by atoms with E-state index in [1.165, 1.54) is 5.56 Å². The maximum atomic E-state index is 12.7. The van der Waals surface area contributed by atoms with Crippen LogP contribution in [0.5, 0.6) is 0 Å². The zero-order valence-corrected chi connectivity index (χ0v) is 12.9. The van der Waals surface area contributed by atoms with Crippen LogP contribution in [-0.4, -0.2) is 39.7 Å². The molecule has 0 spiro atoms. The molecule has 5 nitrogen and oxygen atoms in total. The van der Waals surface area contributed by atoms with Crippen molar-refractivity contribution >= 4 is 5.91 Å². The van der Waals surface area contributed by atoms with Crippen LogP contribution in [0.3, 0.4) is 0 Å². The highest BCUT2D eigenvalue weighted by Gasteiger charge is 2.27. The third-order valence-electron chi connectivity index (χ3n) is 4.20. The summed E-state index contributed by atoms with van der Waals surface area (Å²) in [6, 6.07) is 10.3. The van der Waals surface area contributed by atoms with Gasteiger partial charge in [-0.05, 0) is 18.4 Å². The predicted octanol–water partition coefficient (Wildman–Crippen LogP) is 1.67. The Kier molecular flexibility index (Phi) is 4.24. The lowest BCUT2D eigenvalue weighted by atomic mass is 10.1. The molecule has 1 aromatic carbocycles. The molecular formula is C17H22N4O. The molecule has 22 heavy (non-hydrogen) atoms. The fraction of sp³-hybridized carbons (Fsp3) is 0.412. The summed E-state index contributed by atoms with van der Waals surface area (Å²) in [4.78, 5) is 14.5. The summed E-state index contributed by atoms with van der Waals surface area (Å²) < 4.78 is 1.93. The quantitative estimate of drug-likeness (QED) is 0.934. The van der Waals surface area contributed by atoms with Crippen molar-refractivity contribution in [2.45, 2.75) is 32.4 Å². The number of amides is 1. The number of benzene rings is 1. The van der Waals surface area contributed by atoms with Crippen molar-refractivity contribution in [3.63, 3.8) is 0 Å². The second-order valence-electron chi connectivity index (χ2n) is 5.80. The van der Waals surface area contributed by atoms with Gasteiger partial charge < -0.3 is 10.6 Å². The highest BCUT2D eigenvalue weighted by molar-refractivity contribution is 5.95. The zero-order chi connectivity index (χ0) is 15.5. The van der Waals surface area contributed by atoms with Gasteiger partial charge in [0.05, 0.1) is 24.0 Å². The van der Waals surface area contributed by atoms with Crippen LogP contribution in [0.2, 0.25) is 0 Å². The minimum Gasteiger partial charge on any atom is -0.337 e. The molecule has 5 heteroatoms. The van der Waals surface area contributed by atoms with Crippen molar-refractivity contribution in [2.24, 2.45) is 5.73 Å². The first kappa shape index (κ1) is 14.8. The first-order chi connectivity index (χ1) is 10.7. The summed E-state index contributed by atoms with van der Waals surface area (Å²) >= 11 is 0. The van der Waals surface area contributed by atoms with Gasteiger partial charge in [-0.15, -0.1) is 0 Å². The van der Waals surface area contributed by atoms with E-state index in [0.29, 0.717) is 18.7 Å². The van der Waals surface area contributed by atoms with Gasteiger partial charge in [-0.25, -0.2) is 0 Å². The van der Waals surface area contributed by atoms with Crippen molar-refractivity contribution in [1.29, 1.82) is 0 Å². The van der Waals surface area contributed by atoms with Crippen LogP contribution in [0.25, 0.3) is 0 Å². The van der Waals surface area contributed by atoms with Gasteiger partial charge in [-0.1, -0.05) is 37.3 Å². The Morgan fingerprint density at radius 2 is 2.14 bits per heavy atom. The molecule has 1 saturated heterocycles. The van der Waals surface area contributed by atoms with Gasteiger partial charge in [-0.3, -0.25) is 9.48 Å². The number of carbonyl (C=O) groups excluding carboxylic acids is 1. The number of hydrogen-bond acceptors (Lipinski definition) is 3. The van der Waals surface area contributed by atoms with E-state index in [1.54, 1.807) is 6.20 Å². The van der Waals surface area contributed by atoms with E-state index in [9.17, 15) is 4.79 Å². The highest BCUT2D eigenvalue weighted by atomic mass is 16.2. The Morgan fingerprint density at radius 1 is 1.36 bits per heavy atom. The Labute approximate surface area is 130 Å². The van der Waals surface area contributed by atoms with Crippen LogP contribution in [0.1, 0.15) is 35.0 Å². The minimum absolute atomic E-state index is 0.0594. The van der Waals surface area contributed by atoms with Crippen LogP contribution in [0.15, 0.2) is 36.5 Å². The van der Waals surface area contributed by atoms with Gasteiger partial charge in [0.2, 0.25) is 0 Å². The smallest absolute Gasteiger partial charge is 0.257 e. The SMILES string of the molecule is CCc1c(C(=O)N2CC[C@@H](N)C2)cnn1Cc1ccccc1. The number of rotatable bonds is 4. The summed E-state index contributed by atoms with van der Waals surface area (Å²) in [7, 11) is 0. The average Bonchev–Trinajstić information content (AvgIpc) is 3.14. The van der Waals surface area contributed by atoms with E-state index in [-0.39, 0.29) is 11.9 Å². The molecule has 116 valence electrons. The Bertz CT molecular complexity index is 650. The minimum atomic E-state index is 0.0594. The lowest BCUT2D eigenvalue weighted by molar-refractivity contribution is 0.0789. The lowest BCUT2D eigenvalue weighted by Gasteiger charge is -2.16. The molecular weight excluding hydrogens is 276 g/mol. The standard InChI is InChI=1S/C17H22N4O/c1-2-16-15(17(22)20-9-8-14(18)12-20)10-19-21(16)11-13-6-4-3-5-7-13/h3-7,10,14H,2,8-9,11-12,18H2,1H3/t14-/m1/s1. The normalized spacial score (nSPS) is 17.9. The maximum Gasteiger partial charge on any atom is 0.257 e. The van der Waals surface area contributed by atoms with Gasteiger partial charge in [0, 0.05) is 19.1 Å². The average molecular weight is 298 g/mol. The molecule has 2 heterocycles. The molecule has 1 aliphatic heterocycles. The third kappa shape index (κ3) is 2.90. The molecule has 2 aromatic rings. The number of hydrogen-bond donors (Lipinski definition) is 1. The second-order valence-corrected chi connectivity index (χ2v) is 5.80. The van der Waals surface area contributed by atoms with E-state index >= 15 is 0 Å². The topological polar surface area (TPSA) is 64.2 Å². The number of aromatic nitrogens is 2. The fourth-order valence-corrected chi connectivity index (χ4v) is 3.00. The van der Waals surface area contributed by atoms with Crippen LogP contribution < -0.4 is 5.73 Å². The van der Waals surface area contributed by atoms with Crippen LogP contribution in [0, 0.1) is 0 Å². The molecule has 0 aliphatic carbocycles. The van der Waals surface area contributed by atoms with Gasteiger partial charge in [0.25, 0.3) is 5.91 Å². The number of nitrogens with two attached hydrogens (primary N) is 1. The summed E-state index contributed by atoms with van der Waals surface area (Å²) in [6.45, 7) is 4.14. The maximum absolute atomic E-state index is 12.7. The van der Waals surface area contributed by atoms with E-state index in [4.69, 9.17) is 5.73 Å². The van der Waals surface area contributed by atoms with Gasteiger partial charge in [0.1, 0.15) is 0 Å². The Morgan fingerprint density at radius 3 is 2.77 bits per heavy atom. The van der Waals surface area contributed by atoms with Crippen molar-refractivity contribution in [2.75, 3.05) is 13.1 Å². The monoisotopic (exact) mass is 298 g/mol. The van der Waals surface area contributed by atoms with E-state index in [0.717, 1.165) is 25.1 Å². The summed E-state index contributed by atoms with van der Waals surface area (Å²) in [5.74, 6) is 0.0594. The highest BCUT2D eigenvalue weighted by Crippen LogP contribution is 2.17. The Hall–Kier alpha value is -2.14. The van der Waals surface area contributed by atoms with Crippen molar-refractivity contribution < 1.29 is 4.79 Å². The van der Waals surface area contributed by atoms with Crippen molar-refractivity contribution in [3.8, 4) is 0 Å². The number of nitrogens with zero attached hydrogens (tertiary/aromatic N) is 3. The third-order valence-corrected chi connectivity index (χ3v) is 4.20. The van der Waals surface area contributed by atoms with E-state index in [1.807, 2.05) is 27.8 Å². The Balaban J connectivity index is 1.82. The van der Waals surface area contributed by atoms with Gasteiger partial charge in [0.15, 0.2) is 0 Å². The molecule has 0 radical (unpaired) electrons. The second kappa shape index (κ2) is 6.32. The molecule has 1 atom stereocenters. The molecule has 1 fully saturated rings. The fourth-order valence-electron chi connectivity index (χ4n) is 3.00. The largest absolute Gasteiger partial charge is 0.337 e. The first-order valence-corrected chi connectivity index (χ1v) is 7.82. The number of likely N-dealkylation sites (tertiary alicyclic amines) is 1. The summed E-state index contributed by atoms with van der Waals surface area (Å²) in [5.41, 5.74) is 8.80. The van der Waals surface area contributed by atoms with E-state index in [2.05, 4.69) is 24.2 Å². The molecule has 2 N–H and O–H groups in total.